The van der Waals surface area contributed by atoms with Gasteiger partial charge in [0.15, 0.2) is 6.61 Å². The minimum absolute atomic E-state index is 0.314. The lowest BCUT2D eigenvalue weighted by atomic mass is 10.1. The first-order valence-corrected chi connectivity index (χ1v) is 8.52. The zero-order valence-corrected chi connectivity index (χ0v) is 15.6. The summed E-state index contributed by atoms with van der Waals surface area (Å²) in [6.45, 7) is 3.85. The van der Waals surface area contributed by atoms with Gasteiger partial charge in [0, 0.05) is 11.8 Å². The maximum Gasteiger partial charge on any atom is 0.341 e. The molecule has 0 aliphatic carbocycles. The molecule has 0 unspecified atom stereocenters. The molecule has 0 aliphatic rings. The largest absolute Gasteiger partial charge is 0.497 e. The molecule has 0 saturated carbocycles. The van der Waals surface area contributed by atoms with Gasteiger partial charge in [-0.15, -0.1) is 0 Å². The van der Waals surface area contributed by atoms with Crippen LogP contribution in [0, 0.1) is 6.92 Å². The molecular weight excluding hydrogens is 350 g/mol. The van der Waals surface area contributed by atoms with E-state index < -0.39 is 12.6 Å². The van der Waals surface area contributed by atoms with Gasteiger partial charge in [0.2, 0.25) is 0 Å². The minimum atomic E-state index is -1.05. The molecule has 0 atom stereocenters. The fourth-order valence-electron chi connectivity index (χ4n) is 2.35. The molecule has 2 N–H and O–H groups in total. The molecule has 2 rings (SSSR count). The Labute approximate surface area is 157 Å². The Morgan fingerprint density at radius 1 is 1.07 bits per heavy atom. The maximum absolute atomic E-state index is 12.7. The van der Waals surface area contributed by atoms with Crippen LogP contribution in [-0.4, -0.2) is 37.3 Å². The minimum Gasteiger partial charge on any atom is -0.497 e. The number of ether oxygens (including phenoxy) is 3. The van der Waals surface area contributed by atoms with Gasteiger partial charge in [0.1, 0.15) is 17.2 Å². The van der Waals surface area contributed by atoms with Crippen LogP contribution in [0.25, 0.3) is 0 Å². The lowest BCUT2D eigenvalue weighted by Crippen LogP contribution is -2.15. The number of benzene rings is 2. The van der Waals surface area contributed by atoms with E-state index in [2.05, 4.69) is 5.32 Å². The lowest BCUT2D eigenvalue weighted by molar-refractivity contribution is -0.139. The van der Waals surface area contributed by atoms with Crippen LogP contribution < -0.4 is 19.5 Å². The van der Waals surface area contributed by atoms with E-state index in [1.165, 1.54) is 0 Å². The van der Waals surface area contributed by atoms with Crippen LogP contribution in [-0.2, 0) is 4.79 Å². The van der Waals surface area contributed by atoms with Crippen molar-refractivity contribution in [3.05, 3.63) is 47.5 Å². The number of aryl methyl sites for hydroxylation is 1. The van der Waals surface area contributed by atoms with Crippen molar-refractivity contribution in [2.24, 2.45) is 0 Å². The van der Waals surface area contributed by atoms with Gasteiger partial charge >= 0.3 is 5.97 Å². The van der Waals surface area contributed by atoms with Crippen molar-refractivity contribution >= 4 is 17.6 Å². The first kappa shape index (κ1) is 20.1. The van der Waals surface area contributed by atoms with E-state index >= 15 is 0 Å². The normalized spacial score (nSPS) is 10.2. The van der Waals surface area contributed by atoms with Crippen LogP contribution >= 0.6 is 0 Å². The van der Waals surface area contributed by atoms with Gasteiger partial charge in [-0.25, -0.2) is 4.79 Å². The van der Waals surface area contributed by atoms with Gasteiger partial charge in [-0.3, -0.25) is 4.79 Å². The molecule has 2 aromatic carbocycles. The number of aliphatic carboxylic acids is 1. The van der Waals surface area contributed by atoms with Crippen molar-refractivity contribution in [1.82, 2.24) is 0 Å². The second kappa shape index (κ2) is 9.47. The first-order chi connectivity index (χ1) is 12.9. The molecule has 27 heavy (non-hydrogen) atoms. The van der Waals surface area contributed by atoms with Crippen LogP contribution in [0.2, 0.25) is 0 Å². The average molecular weight is 373 g/mol. The number of carboxylic acid groups (broad SMARTS) is 1. The third-order valence-electron chi connectivity index (χ3n) is 3.70. The lowest BCUT2D eigenvalue weighted by Gasteiger charge is -2.14. The average Bonchev–Trinajstić information content (AvgIpc) is 2.66. The molecule has 0 saturated heterocycles. The Morgan fingerprint density at radius 2 is 1.81 bits per heavy atom. The summed E-state index contributed by atoms with van der Waals surface area (Å²) in [6, 6.07) is 9.97. The van der Waals surface area contributed by atoms with Crippen molar-refractivity contribution in [3.63, 3.8) is 0 Å². The van der Waals surface area contributed by atoms with E-state index in [4.69, 9.17) is 19.3 Å². The van der Waals surface area contributed by atoms with E-state index in [-0.39, 0.29) is 5.91 Å². The predicted molar refractivity (Wildman–Crippen MR) is 101 cm³/mol. The third-order valence-corrected chi connectivity index (χ3v) is 3.70. The highest BCUT2D eigenvalue weighted by atomic mass is 16.5. The molecule has 0 aromatic heterocycles. The number of nitrogens with one attached hydrogen (secondary N) is 1. The Bertz CT molecular complexity index is 818. The first-order valence-electron chi connectivity index (χ1n) is 8.52. The van der Waals surface area contributed by atoms with E-state index in [9.17, 15) is 9.59 Å². The number of amides is 1. The Kier molecular flexibility index (Phi) is 7.05. The highest BCUT2D eigenvalue weighted by Crippen LogP contribution is 2.27. The SMILES string of the molecule is CCCOc1cc(OC)ccc1C(=O)Nc1ccc(OCC(=O)O)cc1C. The third kappa shape index (κ3) is 5.64. The zero-order valence-electron chi connectivity index (χ0n) is 15.6. The number of methoxy groups -OCH3 is 1. The summed E-state index contributed by atoms with van der Waals surface area (Å²) in [5.74, 6) is 0.112. The van der Waals surface area contributed by atoms with Crippen molar-refractivity contribution in [1.29, 1.82) is 0 Å². The Hall–Kier alpha value is -3.22. The number of carboxylic acids is 1. The molecule has 0 spiro atoms. The number of carbonyl (C=O) groups excluding carboxylic acids is 1. The van der Waals surface area contributed by atoms with Crippen LogP contribution in [0.3, 0.4) is 0 Å². The van der Waals surface area contributed by atoms with Crippen molar-refractivity contribution in [2.75, 3.05) is 25.6 Å². The molecule has 0 fully saturated rings. The molecule has 0 heterocycles. The summed E-state index contributed by atoms with van der Waals surface area (Å²) in [5.41, 5.74) is 1.74. The van der Waals surface area contributed by atoms with Gasteiger partial charge in [0.25, 0.3) is 5.91 Å². The summed E-state index contributed by atoms with van der Waals surface area (Å²) in [4.78, 5) is 23.3. The van der Waals surface area contributed by atoms with E-state index in [1.807, 2.05) is 6.92 Å². The summed E-state index contributed by atoms with van der Waals surface area (Å²) >= 11 is 0. The summed E-state index contributed by atoms with van der Waals surface area (Å²) in [5, 5.41) is 11.5. The molecule has 0 aliphatic heterocycles. The van der Waals surface area contributed by atoms with Crippen LogP contribution in [0.5, 0.6) is 17.2 Å². The van der Waals surface area contributed by atoms with E-state index in [0.717, 1.165) is 12.0 Å². The van der Waals surface area contributed by atoms with Crippen LogP contribution in [0.1, 0.15) is 29.3 Å². The van der Waals surface area contributed by atoms with E-state index in [0.29, 0.717) is 35.1 Å². The number of carbonyl (C=O) groups is 2. The molecule has 2 aromatic rings. The Morgan fingerprint density at radius 3 is 2.44 bits per heavy atom. The highest BCUT2D eigenvalue weighted by molar-refractivity contribution is 6.06. The number of anilines is 1. The van der Waals surface area contributed by atoms with Gasteiger partial charge in [0.05, 0.1) is 19.3 Å². The van der Waals surface area contributed by atoms with Crippen LogP contribution in [0.15, 0.2) is 36.4 Å². The maximum atomic E-state index is 12.7. The quantitative estimate of drug-likeness (QED) is 0.699. The number of hydrogen-bond donors (Lipinski definition) is 2. The summed E-state index contributed by atoms with van der Waals surface area (Å²) in [7, 11) is 1.55. The standard InChI is InChI=1S/C20H23NO6/c1-4-9-26-18-11-14(25-3)5-7-16(18)20(24)21-17-8-6-15(10-13(17)2)27-12-19(22)23/h5-8,10-11H,4,9,12H2,1-3H3,(H,21,24)(H,22,23). The molecule has 0 bridgehead atoms. The van der Waals surface area contributed by atoms with Gasteiger partial charge in [-0.05, 0) is 49.2 Å². The van der Waals surface area contributed by atoms with Crippen LogP contribution in [0.4, 0.5) is 5.69 Å². The number of rotatable bonds is 9. The second-order valence-corrected chi connectivity index (χ2v) is 5.82. The zero-order chi connectivity index (χ0) is 19.8. The highest BCUT2D eigenvalue weighted by Gasteiger charge is 2.15. The topological polar surface area (TPSA) is 94.1 Å². The van der Waals surface area contributed by atoms with Gasteiger partial charge < -0.3 is 24.6 Å². The van der Waals surface area contributed by atoms with E-state index in [1.54, 1.807) is 50.4 Å². The fraction of sp³-hybridized carbons (Fsp3) is 0.300. The summed E-state index contributed by atoms with van der Waals surface area (Å²) in [6.07, 6.45) is 0.815. The monoisotopic (exact) mass is 373 g/mol. The predicted octanol–water partition coefficient (Wildman–Crippen LogP) is 3.51. The summed E-state index contributed by atoms with van der Waals surface area (Å²) < 4.78 is 16.0. The van der Waals surface area contributed by atoms with Gasteiger partial charge in [-0.1, -0.05) is 6.92 Å². The van der Waals surface area contributed by atoms with Crippen molar-refractivity contribution in [3.8, 4) is 17.2 Å². The molecule has 1 amide bonds. The number of hydrogen-bond acceptors (Lipinski definition) is 5. The molecule has 7 heteroatoms. The molecular formula is C20H23NO6. The van der Waals surface area contributed by atoms with Gasteiger partial charge in [-0.2, -0.15) is 0 Å². The molecule has 0 radical (unpaired) electrons. The fourth-order valence-corrected chi connectivity index (χ4v) is 2.35. The van der Waals surface area contributed by atoms with Crippen molar-refractivity contribution < 1.29 is 28.9 Å². The molecule has 144 valence electrons. The smallest absolute Gasteiger partial charge is 0.341 e. The molecule has 7 nitrogen and oxygen atoms in total. The second-order valence-electron chi connectivity index (χ2n) is 5.82. The Balaban J connectivity index is 2.17. The van der Waals surface area contributed by atoms with Crippen molar-refractivity contribution in [2.45, 2.75) is 20.3 Å².